The van der Waals surface area contributed by atoms with Gasteiger partial charge in [-0.1, -0.05) is 0 Å². The van der Waals surface area contributed by atoms with E-state index in [9.17, 15) is 13.8 Å². The summed E-state index contributed by atoms with van der Waals surface area (Å²) in [5.74, 6) is -2.34. The molecule has 0 heterocycles. The molecule has 7 heteroatoms. The van der Waals surface area contributed by atoms with Crippen molar-refractivity contribution in [3.05, 3.63) is 0 Å². The Hall–Kier alpha value is -0.950. The minimum Gasteiger partial charge on any atom is -0.481 e. The van der Waals surface area contributed by atoms with E-state index >= 15 is 0 Å². The maximum atomic E-state index is 10.2. The summed E-state index contributed by atoms with van der Waals surface area (Å²) >= 11 is -2.47. The Morgan fingerprint density at radius 3 is 2.30 bits per heavy atom. The zero-order valence-electron chi connectivity index (χ0n) is 4.73. The summed E-state index contributed by atoms with van der Waals surface area (Å²) in [6.45, 7) is 0. The van der Waals surface area contributed by atoms with Gasteiger partial charge in [0, 0.05) is 0 Å². The summed E-state index contributed by atoms with van der Waals surface area (Å²) in [5.41, 5.74) is 0. The zero-order valence-corrected chi connectivity index (χ0v) is 5.55. The molecule has 0 aromatic rings. The second-order valence-electron chi connectivity index (χ2n) is 1.34. The third-order valence-electron chi connectivity index (χ3n) is 0.513. The number of carbonyl (C=O) groups excluding carboxylic acids is 1. The average molecular weight is 167 g/mol. The third kappa shape index (κ3) is 5.19. The first-order valence-corrected chi connectivity index (χ1v) is 3.25. The molecule has 1 amide bonds. The van der Waals surface area contributed by atoms with E-state index in [-0.39, 0.29) is 0 Å². The van der Waals surface area contributed by atoms with E-state index in [0.717, 1.165) is 0 Å². The monoisotopic (exact) mass is 167 g/mol. The van der Waals surface area contributed by atoms with Gasteiger partial charge in [-0.05, 0) is 0 Å². The fourth-order valence-corrected chi connectivity index (χ4v) is 0.538. The molecule has 0 saturated heterocycles. The highest BCUT2D eigenvalue weighted by molar-refractivity contribution is 7.77. The quantitative estimate of drug-likeness (QED) is 0.358. The Balaban J connectivity index is 3.65. The van der Waals surface area contributed by atoms with Gasteiger partial charge in [0.25, 0.3) is 11.3 Å². The maximum Gasteiger partial charge on any atom is 0.312 e. The molecule has 58 valence electrons. The number of carbonyl (C=O) groups is 2. The highest BCUT2D eigenvalue weighted by atomic mass is 32.2. The van der Waals surface area contributed by atoms with Crippen molar-refractivity contribution in [2.45, 2.75) is 6.42 Å². The van der Waals surface area contributed by atoms with Crippen LogP contribution in [0.2, 0.25) is 0 Å². The van der Waals surface area contributed by atoms with Gasteiger partial charge >= 0.3 is 5.97 Å². The van der Waals surface area contributed by atoms with Crippen molar-refractivity contribution < 1.29 is 23.5 Å². The first-order valence-electron chi connectivity index (χ1n) is 2.14. The van der Waals surface area contributed by atoms with Gasteiger partial charge in [0.15, 0.2) is 0 Å². The van der Waals surface area contributed by atoms with Crippen LogP contribution in [-0.2, 0) is 20.9 Å². The molecule has 0 bridgehead atoms. The van der Waals surface area contributed by atoms with Gasteiger partial charge in [0.2, 0.25) is 5.91 Å². The molecule has 0 aromatic heterocycles. The van der Waals surface area contributed by atoms with Gasteiger partial charge in [-0.2, -0.15) is 0 Å². The Morgan fingerprint density at radius 1 is 1.50 bits per heavy atom. The van der Waals surface area contributed by atoms with E-state index in [1.807, 2.05) is 0 Å². The van der Waals surface area contributed by atoms with Crippen LogP contribution >= 0.6 is 0 Å². The molecule has 1 unspecified atom stereocenters. The van der Waals surface area contributed by atoms with E-state index in [1.54, 1.807) is 0 Å². The van der Waals surface area contributed by atoms with Crippen molar-refractivity contribution in [1.82, 2.24) is 4.72 Å². The maximum absolute atomic E-state index is 10.2. The van der Waals surface area contributed by atoms with Crippen LogP contribution in [0.25, 0.3) is 0 Å². The van der Waals surface area contributed by atoms with Crippen LogP contribution in [0.4, 0.5) is 0 Å². The lowest BCUT2D eigenvalue weighted by Crippen LogP contribution is -2.26. The summed E-state index contributed by atoms with van der Waals surface area (Å²) in [7, 11) is 0. The number of rotatable bonds is 3. The molecule has 0 aliphatic rings. The normalized spacial score (nSPS) is 12.1. The number of nitrogens with one attached hydrogen (secondary N) is 1. The van der Waals surface area contributed by atoms with Crippen molar-refractivity contribution in [3.8, 4) is 0 Å². The molecule has 0 aromatic carbocycles. The number of carboxylic acids is 1. The van der Waals surface area contributed by atoms with Crippen LogP contribution in [0, 0.1) is 0 Å². The number of carboxylic acid groups (broad SMARTS) is 1. The average Bonchev–Trinajstić information content (AvgIpc) is 1.58. The van der Waals surface area contributed by atoms with Gasteiger partial charge in [-0.25, -0.2) is 4.21 Å². The van der Waals surface area contributed by atoms with Crippen LogP contribution in [0.1, 0.15) is 6.42 Å². The van der Waals surface area contributed by atoms with Crippen LogP contribution in [0.15, 0.2) is 0 Å². The number of amides is 1. The minimum atomic E-state index is -2.47. The first kappa shape index (κ1) is 9.05. The molecule has 0 rings (SSSR count). The van der Waals surface area contributed by atoms with Gasteiger partial charge in [0.1, 0.15) is 6.42 Å². The first-order chi connectivity index (χ1) is 4.52. The van der Waals surface area contributed by atoms with E-state index in [0.29, 0.717) is 0 Å². The molecule has 3 N–H and O–H groups in total. The van der Waals surface area contributed by atoms with Gasteiger partial charge in [-0.3, -0.25) is 18.9 Å². The zero-order chi connectivity index (χ0) is 8.15. The Morgan fingerprint density at radius 2 is 2.00 bits per heavy atom. The summed E-state index contributed by atoms with van der Waals surface area (Å²) in [6, 6.07) is 0. The number of hydrogen-bond donors (Lipinski definition) is 3. The number of hydrogen-bond acceptors (Lipinski definition) is 3. The predicted molar refractivity (Wildman–Crippen MR) is 31.2 cm³/mol. The minimum absolute atomic E-state index is 0.799. The molecule has 10 heavy (non-hydrogen) atoms. The third-order valence-corrected chi connectivity index (χ3v) is 0.915. The Kier molecular flexibility index (Phi) is 3.59. The smallest absolute Gasteiger partial charge is 0.312 e. The fraction of sp³-hybridized carbons (Fsp3) is 0.333. The van der Waals surface area contributed by atoms with Crippen molar-refractivity contribution >= 4 is 23.1 Å². The van der Waals surface area contributed by atoms with Gasteiger partial charge in [0.05, 0.1) is 0 Å². The molecule has 0 aliphatic heterocycles. The van der Waals surface area contributed by atoms with E-state index < -0.39 is 29.6 Å². The second-order valence-corrected chi connectivity index (χ2v) is 2.05. The second kappa shape index (κ2) is 3.96. The molecule has 0 radical (unpaired) electrons. The van der Waals surface area contributed by atoms with Crippen molar-refractivity contribution in [3.63, 3.8) is 0 Å². The molecular weight excluding hydrogens is 162 g/mol. The van der Waals surface area contributed by atoms with E-state index in [4.69, 9.17) is 9.66 Å². The predicted octanol–water partition coefficient (Wildman–Crippen LogP) is -1.29. The largest absolute Gasteiger partial charge is 0.481 e. The summed E-state index contributed by atoms with van der Waals surface area (Å²) in [6.07, 6.45) is -0.799. The van der Waals surface area contributed by atoms with Crippen LogP contribution < -0.4 is 4.72 Å². The highest BCUT2D eigenvalue weighted by Crippen LogP contribution is 1.78. The van der Waals surface area contributed by atoms with Crippen LogP contribution in [0.5, 0.6) is 0 Å². The standard InChI is InChI=1S/C3H5NO5S/c5-2(1-3(6)7)4-10(8)9/h1H2,(H,4,5)(H,6,7)(H,8,9). The molecule has 6 nitrogen and oxygen atoms in total. The number of aliphatic carboxylic acids is 1. The van der Waals surface area contributed by atoms with Crippen molar-refractivity contribution in [1.29, 1.82) is 0 Å². The van der Waals surface area contributed by atoms with Crippen LogP contribution in [-0.4, -0.2) is 25.7 Å². The van der Waals surface area contributed by atoms with Crippen molar-refractivity contribution in [2.75, 3.05) is 0 Å². The molecule has 0 saturated carbocycles. The van der Waals surface area contributed by atoms with E-state index in [2.05, 4.69) is 0 Å². The Bertz CT molecular complexity index is 160. The van der Waals surface area contributed by atoms with E-state index in [1.165, 1.54) is 4.72 Å². The lowest BCUT2D eigenvalue weighted by molar-refractivity contribution is -0.140. The van der Waals surface area contributed by atoms with Crippen LogP contribution in [0.3, 0.4) is 0 Å². The SMILES string of the molecule is O=C(O)CC(=O)NS(=O)O. The summed E-state index contributed by atoms with van der Waals surface area (Å²) < 4.78 is 19.2. The molecule has 0 fully saturated rings. The lowest BCUT2D eigenvalue weighted by Gasteiger charge is -1.93. The molecule has 1 atom stereocenters. The van der Waals surface area contributed by atoms with Crippen molar-refractivity contribution in [2.24, 2.45) is 0 Å². The Labute approximate surface area is 58.6 Å². The highest BCUT2D eigenvalue weighted by Gasteiger charge is 2.07. The molecule has 0 aliphatic carbocycles. The fourth-order valence-electron chi connectivity index (χ4n) is 0.271. The molecular formula is C3H5NO5S. The topological polar surface area (TPSA) is 104 Å². The lowest BCUT2D eigenvalue weighted by atomic mass is 10.4. The summed E-state index contributed by atoms with van der Waals surface area (Å²) in [5, 5.41) is 7.96. The van der Waals surface area contributed by atoms with Gasteiger partial charge in [-0.15, -0.1) is 0 Å². The molecule has 0 spiro atoms. The van der Waals surface area contributed by atoms with Gasteiger partial charge < -0.3 is 5.11 Å². The summed E-state index contributed by atoms with van der Waals surface area (Å²) in [4.78, 5) is 20.0.